The van der Waals surface area contributed by atoms with Crippen molar-refractivity contribution in [2.45, 2.75) is 25.8 Å². The standard InChI is InChI=1S/C10H14N4O3/c1-6-2-3-14(7(4-6)10(16)17)9(15)8-11-5-12-13-8/h5-7H,2-4H2,1H3,(H,16,17)(H,11,12,13). The van der Waals surface area contributed by atoms with E-state index in [0.29, 0.717) is 18.9 Å². The lowest BCUT2D eigenvalue weighted by molar-refractivity contribution is -0.144. The van der Waals surface area contributed by atoms with Crippen molar-refractivity contribution in [3.8, 4) is 0 Å². The molecule has 0 spiro atoms. The van der Waals surface area contributed by atoms with Crippen molar-refractivity contribution < 1.29 is 14.7 Å². The molecular formula is C10H14N4O3. The molecule has 0 saturated carbocycles. The second-order valence-corrected chi connectivity index (χ2v) is 4.32. The van der Waals surface area contributed by atoms with Crippen molar-refractivity contribution in [2.75, 3.05) is 6.54 Å². The number of carboxylic acid groups (broad SMARTS) is 1. The summed E-state index contributed by atoms with van der Waals surface area (Å²) in [5.41, 5.74) is 0. The van der Waals surface area contributed by atoms with Crippen LogP contribution in [0.25, 0.3) is 0 Å². The summed E-state index contributed by atoms with van der Waals surface area (Å²) in [4.78, 5) is 28.3. The number of aliphatic carboxylic acids is 1. The zero-order chi connectivity index (χ0) is 12.4. The van der Waals surface area contributed by atoms with Crippen LogP contribution in [0.5, 0.6) is 0 Å². The number of nitrogens with zero attached hydrogens (tertiary/aromatic N) is 3. The molecule has 0 bridgehead atoms. The number of piperidine rings is 1. The Bertz CT molecular complexity index is 417. The topological polar surface area (TPSA) is 99.2 Å². The molecule has 0 radical (unpaired) electrons. The molecule has 2 unspecified atom stereocenters. The molecule has 7 heteroatoms. The van der Waals surface area contributed by atoms with E-state index in [1.54, 1.807) is 0 Å². The molecule has 0 aliphatic carbocycles. The maximum absolute atomic E-state index is 12.0. The average Bonchev–Trinajstić information content (AvgIpc) is 2.81. The third-order valence-corrected chi connectivity index (χ3v) is 3.03. The van der Waals surface area contributed by atoms with Crippen LogP contribution < -0.4 is 0 Å². The fourth-order valence-corrected chi connectivity index (χ4v) is 2.06. The van der Waals surface area contributed by atoms with Gasteiger partial charge in [0.05, 0.1) is 0 Å². The van der Waals surface area contributed by atoms with E-state index in [4.69, 9.17) is 5.11 Å². The van der Waals surface area contributed by atoms with Gasteiger partial charge in [-0.1, -0.05) is 6.92 Å². The van der Waals surface area contributed by atoms with E-state index < -0.39 is 17.9 Å². The Morgan fingerprint density at radius 3 is 2.94 bits per heavy atom. The van der Waals surface area contributed by atoms with E-state index in [1.807, 2.05) is 6.92 Å². The van der Waals surface area contributed by atoms with Crippen LogP contribution in [0.2, 0.25) is 0 Å². The maximum atomic E-state index is 12.0. The number of amides is 1. The van der Waals surface area contributed by atoms with Crippen LogP contribution in [0.4, 0.5) is 0 Å². The quantitative estimate of drug-likeness (QED) is 0.763. The molecule has 17 heavy (non-hydrogen) atoms. The van der Waals surface area contributed by atoms with Crippen molar-refractivity contribution in [2.24, 2.45) is 5.92 Å². The molecule has 7 nitrogen and oxygen atoms in total. The second kappa shape index (κ2) is 4.52. The predicted octanol–water partition coefficient (Wildman–Crippen LogP) is 0.130. The first-order chi connectivity index (χ1) is 8.09. The van der Waals surface area contributed by atoms with Gasteiger partial charge in [0.25, 0.3) is 5.91 Å². The maximum Gasteiger partial charge on any atom is 0.326 e. The Kier molecular flexibility index (Phi) is 3.08. The number of carboxylic acids is 1. The summed E-state index contributed by atoms with van der Waals surface area (Å²) in [5, 5.41) is 15.2. The summed E-state index contributed by atoms with van der Waals surface area (Å²) in [7, 11) is 0. The highest BCUT2D eigenvalue weighted by atomic mass is 16.4. The molecule has 0 aromatic carbocycles. The number of H-pyrrole nitrogens is 1. The van der Waals surface area contributed by atoms with E-state index in [-0.39, 0.29) is 5.82 Å². The van der Waals surface area contributed by atoms with Gasteiger partial charge in [-0.15, -0.1) is 0 Å². The first-order valence-corrected chi connectivity index (χ1v) is 5.48. The molecule has 1 amide bonds. The van der Waals surface area contributed by atoms with Gasteiger partial charge in [-0.25, -0.2) is 9.78 Å². The molecule has 1 saturated heterocycles. The number of likely N-dealkylation sites (tertiary alicyclic amines) is 1. The molecule has 1 aliphatic rings. The van der Waals surface area contributed by atoms with Crippen LogP contribution in [0.15, 0.2) is 6.33 Å². The molecule has 1 fully saturated rings. The molecular weight excluding hydrogens is 224 g/mol. The van der Waals surface area contributed by atoms with Crippen LogP contribution in [0, 0.1) is 5.92 Å². The van der Waals surface area contributed by atoms with Gasteiger partial charge in [-0.2, -0.15) is 5.10 Å². The number of rotatable bonds is 2. The van der Waals surface area contributed by atoms with Gasteiger partial charge in [0.1, 0.15) is 12.4 Å². The fourth-order valence-electron chi connectivity index (χ4n) is 2.06. The van der Waals surface area contributed by atoms with Crippen molar-refractivity contribution in [1.29, 1.82) is 0 Å². The monoisotopic (exact) mass is 238 g/mol. The third kappa shape index (κ3) is 2.27. The smallest absolute Gasteiger partial charge is 0.326 e. The average molecular weight is 238 g/mol. The highest BCUT2D eigenvalue weighted by Crippen LogP contribution is 2.23. The van der Waals surface area contributed by atoms with Gasteiger partial charge in [0, 0.05) is 6.54 Å². The number of aromatic amines is 1. The lowest BCUT2D eigenvalue weighted by Gasteiger charge is -2.35. The third-order valence-electron chi connectivity index (χ3n) is 3.03. The largest absolute Gasteiger partial charge is 0.480 e. The molecule has 2 N–H and O–H groups in total. The van der Waals surface area contributed by atoms with Crippen LogP contribution in [-0.4, -0.2) is 49.7 Å². The van der Waals surface area contributed by atoms with Crippen LogP contribution in [0.3, 0.4) is 0 Å². The number of hydrogen-bond acceptors (Lipinski definition) is 4. The zero-order valence-corrected chi connectivity index (χ0v) is 9.46. The van der Waals surface area contributed by atoms with Gasteiger partial charge in [0.2, 0.25) is 5.82 Å². The summed E-state index contributed by atoms with van der Waals surface area (Å²) in [6, 6.07) is -0.767. The molecule has 1 aromatic rings. The van der Waals surface area contributed by atoms with Gasteiger partial charge in [-0.3, -0.25) is 9.89 Å². The lowest BCUT2D eigenvalue weighted by atomic mass is 9.92. The van der Waals surface area contributed by atoms with Gasteiger partial charge >= 0.3 is 5.97 Å². The van der Waals surface area contributed by atoms with Crippen molar-refractivity contribution in [1.82, 2.24) is 20.1 Å². The molecule has 92 valence electrons. The van der Waals surface area contributed by atoms with E-state index in [9.17, 15) is 9.59 Å². The Hall–Kier alpha value is -1.92. The summed E-state index contributed by atoms with van der Waals surface area (Å²) in [6.07, 6.45) is 2.52. The van der Waals surface area contributed by atoms with Gasteiger partial charge in [-0.05, 0) is 18.8 Å². The van der Waals surface area contributed by atoms with Crippen LogP contribution in [0.1, 0.15) is 30.4 Å². The van der Waals surface area contributed by atoms with E-state index >= 15 is 0 Å². The first-order valence-electron chi connectivity index (χ1n) is 5.48. The minimum atomic E-state index is -0.968. The second-order valence-electron chi connectivity index (χ2n) is 4.32. The first kappa shape index (κ1) is 11.6. The molecule has 2 heterocycles. The SMILES string of the molecule is CC1CCN(C(=O)c2ncn[nH]2)C(C(=O)O)C1. The normalized spacial score (nSPS) is 24.6. The van der Waals surface area contributed by atoms with Gasteiger partial charge in [0.15, 0.2) is 0 Å². The van der Waals surface area contributed by atoms with E-state index in [2.05, 4.69) is 15.2 Å². The molecule has 2 rings (SSSR count). The lowest BCUT2D eigenvalue weighted by Crippen LogP contribution is -2.50. The van der Waals surface area contributed by atoms with E-state index in [0.717, 1.165) is 6.42 Å². The molecule has 1 aliphatic heterocycles. The number of nitrogens with one attached hydrogen (secondary N) is 1. The Balaban J connectivity index is 2.18. The Morgan fingerprint density at radius 1 is 1.59 bits per heavy atom. The van der Waals surface area contributed by atoms with Crippen molar-refractivity contribution in [3.63, 3.8) is 0 Å². The summed E-state index contributed by atoms with van der Waals surface area (Å²) >= 11 is 0. The van der Waals surface area contributed by atoms with Gasteiger partial charge < -0.3 is 10.0 Å². The van der Waals surface area contributed by atoms with Crippen LogP contribution in [-0.2, 0) is 4.79 Å². The molecule has 2 atom stereocenters. The Morgan fingerprint density at radius 2 is 2.35 bits per heavy atom. The predicted molar refractivity (Wildman–Crippen MR) is 57.2 cm³/mol. The number of aromatic nitrogens is 3. The summed E-state index contributed by atoms with van der Waals surface area (Å²) < 4.78 is 0. The van der Waals surface area contributed by atoms with Crippen LogP contribution >= 0.6 is 0 Å². The zero-order valence-electron chi connectivity index (χ0n) is 9.46. The highest BCUT2D eigenvalue weighted by Gasteiger charge is 2.35. The minimum absolute atomic E-state index is 0.0887. The Labute approximate surface area is 97.8 Å². The van der Waals surface area contributed by atoms with Crippen molar-refractivity contribution >= 4 is 11.9 Å². The summed E-state index contributed by atoms with van der Waals surface area (Å²) in [6.45, 7) is 2.43. The highest BCUT2D eigenvalue weighted by molar-refractivity contribution is 5.93. The fraction of sp³-hybridized carbons (Fsp3) is 0.600. The van der Waals surface area contributed by atoms with Crippen molar-refractivity contribution in [3.05, 3.63) is 12.2 Å². The molecule has 1 aromatic heterocycles. The number of carbonyl (C=O) groups is 2. The number of hydrogen-bond donors (Lipinski definition) is 2. The summed E-state index contributed by atoms with van der Waals surface area (Å²) in [5.74, 6) is -0.966. The number of carbonyl (C=O) groups excluding carboxylic acids is 1. The minimum Gasteiger partial charge on any atom is -0.480 e. The van der Waals surface area contributed by atoms with E-state index in [1.165, 1.54) is 11.2 Å².